The molecular formula is C19H23N5OS. The minimum Gasteiger partial charge on any atom is -0.497 e. The summed E-state index contributed by atoms with van der Waals surface area (Å²) in [5.41, 5.74) is 2.42. The predicted octanol–water partition coefficient (Wildman–Crippen LogP) is 3.23. The Kier molecular flexibility index (Phi) is 5.17. The molecule has 2 aromatic heterocycles. The average molecular weight is 369 g/mol. The Balaban J connectivity index is 1.38. The Hall–Kier alpha value is -2.38. The lowest BCUT2D eigenvalue weighted by Crippen LogP contribution is -2.17. The molecule has 6 nitrogen and oxygen atoms in total. The van der Waals surface area contributed by atoms with Crippen LogP contribution >= 0.6 is 11.3 Å². The minimum absolute atomic E-state index is 0.775. The Morgan fingerprint density at radius 2 is 1.81 bits per heavy atom. The van der Waals surface area contributed by atoms with Crippen molar-refractivity contribution in [3.63, 3.8) is 0 Å². The fourth-order valence-corrected chi connectivity index (χ4v) is 4.08. The zero-order chi connectivity index (χ0) is 17.8. The molecule has 1 saturated heterocycles. The van der Waals surface area contributed by atoms with Gasteiger partial charge in [0.25, 0.3) is 0 Å². The van der Waals surface area contributed by atoms with E-state index in [2.05, 4.69) is 55.4 Å². The van der Waals surface area contributed by atoms with Crippen molar-refractivity contribution in [3.05, 3.63) is 53.9 Å². The summed E-state index contributed by atoms with van der Waals surface area (Å²) in [5.74, 6) is 0.882. The first kappa shape index (κ1) is 17.1. The summed E-state index contributed by atoms with van der Waals surface area (Å²) >= 11 is 1.66. The molecule has 1 N–H and O–H groups in total. The van der Waals surface area contributed by atoms with Crippen LogP contribution in [0.1, 0.15) is 24.1 Å². The van der Waals surface area contributed by atoms with Gasteiger partial charge in [-0.05, 0) is 42.7 Å². The van der Waals surface area contributed by atoms with Crippen LogP contribution in [0, 0.1) is 0 Å². The maximum absolute atomic E-state index is 5.20. The van der Waals surface area contributed by atoms with Crippen molar-refractivity contribution in [2.45, 2.75) is 25.9 Å². The SMILES string of the molecule is COc1ccc(CNCc2cccn2-c2nnc(N3CCCC3)s2)cc1. The molecule has 3 heterocycles. The number of nitrogens with one attached hydrogen (secondary N) is 1. The van der Waals surface area contributed by atoms with Gasteiger partial charge >= 0.3 is 0 Å². The monoisotopic (exact) mass is 369 g/mol. The molecule has 0 amide bonds. The lowest BCUT2D eigenvalue weighted by molar-refractivity contribution is 0.414. The largest absolute Gasteiger partial charge is 0.497 e. The summed E-state index contributed by atoms with van der Waals surface area (Å²) in [4.78, 5) is 2.33. The Morgan fingerprint density at radius 3 is 2.58 bits per heavy atom. The molecule has 0 saturated carbocycles. The summed E-state index contributed by atoms with van der Waals surface area (Å²) < 4.78 is 7.32. The summed E-state index contributed by atoms with van der Waals surface area (Å²) in [7, 11) is 1.68. The van der Waals surface area contributed by atoms with Gasteiger partial charge in [0.1, 0.15) is 5.75 Å². The summed E-state index contributed by atoms with van der Waals surface area (Å²) in [6, 6.07) is 12.3. The molecule has 136 valence electrons. The van der Waals surface area contributed by atoms with E-state index in [1.165, 1.54) is 24.1 Å². The number of ether oxygens (including phenoxy) is 1. The number of aromatic nitrogens is 3. The molecule has 0 aliphatic carbocycles. The van der Waals surface area contributed by atoms with E-state index in [4.69, 9.17) is 4.74 Å². The van der Waals surface area contributed by atoms with E-state index in [1.54, 1.807) is 18.4 Å². The van der Waals surface area contributed by atoms with Crippen LogP contribution in [0.15, 0.2) is 42.6 Å². The van der Waals surface area contributed by atoms with Gasteiger partial charge in [0.15, 0.2) is 0 Å². The zero-order valence-corrected chi connectivity index (χ0v) is 15.7. The van der Waals surface area contributed by atoms with Crippen LogP contribution in [-0.4, -0.2) is 35.0 Å². The van der Waals surface area contributed by atoms with Crippen LogP contribution in [0.25, 0.3) is 5.13 Å². The molecule has 1 fully saturated rings. The van der Waals surface area contributed by atoms with Crippen molar-refractivity contribution in [2.24, 2.45) is 0 Å². The first-order valence-corrected chi connectivity index (χ1v) is 9.74. The number of benzene rings is 1. The highest BCUT2D eigenvalue weighted by Gasteiger charge is 2.17. The van der Waals surface area contributed by atoms with E-state index < -0.39 is 0 Å². The van der Waals surface area contributed by atoms with Gasteiger partial charge in [-0.1, -0.05) is 23.5 Å². The standard InChI is InChI=1S/C19H23N5OS/c1-25-17-8-6-15(7-9-17)13-20-14-16-5-4-12-24(16)19-22-21-18(26-19)23-10-2-3-11-23/h4-9,12,20H,2-3,10-11,13-14H2,1H3. The van der Waals surface area contributed by atoms with Crippen LogP contribution in [0.3, 0.4) is 0 Å². The molecule has 0 atom stereocenters. The maximum atomic E-state index is 5.20. The second kappa shape index (κ2) is 7.88. The first-order valence-electron chi connectivity index (χ1n) is 8.92. The number of hydrogen-bond acceptors (Lipinski definition) is 6. The zero-order valence-electron chi connectivity index (χ0n) is 14.9. The molecule has 3 aromatic rings. The van der Waals surface area contributed by atoms with Gasteiger partial charge in [0, 0.05) is 38.1 Å². The number of rotatable bonds is 7. The molecule has 1 aromatic carbocycles. The van der Waals surface area contributed by atoms with Gasteiger partial charge < -0.3 is 15.0 Å². The van der Waals surface area contributed by atoms with Crippen LogP contribution in [-0.2, 0) is 13.1 Å². The Morgan fingerprint density at radius 1 is 1.04 bits per heavy atom. The molecular weight excluding hydrogens is 346 g/mol. The quantitative estimate of drug-likeness (QED) is 0.693. The van der Waals surface area contributed by atoms with Crippen LogP contribution in [0.2, 0.25) is 0 Å². The van der Waals surface area contributed by atoms with Crippen molar-refractivity contribution in [1.82, 2.24) is 20.1 Å². The van der Waals surface area contributed by atoms with E-state index in [1.807, 2.05) is 12.1 Å². The van der Waals surface area contributed by atoms with Gasteiger partial charge in [-0.25, -0.2) is 0 Å². The van der Waals surface area contributed by atoms with Crippen LogP contribution in [0.4, 0.5) is 5.13 Å². The van der Waals surface area contributed by atoms with E-state index in [-0.39, 0.29) is 0 Å². The number of methoxy groups -OCH3 is 1. The van der Waals surface area contributed by atoms with Crippen LogP contribution in [0.5, 0.6) is 5.75 Å². The third-order valence-corrected chi connectivity index (χ3v) is 5.60. The van der Waals surface area contributed by atoms with Gasteiger partial charge in [-0.2, -0.15) is 0 Å². The Labute approximate surface area is 157 Å². The Bertz CT molecular complexity index is 836. The van der Waals surface area contributed by atoms with E-state index >= 15 is 0 Å². The van der Waals surface area contributed by atoms with Crippen molar-refractivity contribution >= 4 is 16.5 Å². The highest BCUT2D eigenvalue weighted by atomic mass is 32.1. The predicted molar refractivity (Wildman–Crippen MR) is 104 cm³/mol. The third-order valence-electron chi connectivity index (χ3n) is 4.61. The van der Waals surface area contributed by atoms with Gasteiger partial charge in [0.2, 0.25) is 10.3 Å². The second-order valence-corrected chi connectivity index (χ2v) is 7.32. The van der Waals surface area contributed by atoms with Crippen LogP contribution < -0.4 is 15.0 Å². The highest BCUT2D eigenvalue weighted by Crippen LogP contribution is 2.27. The summed E-state index contributed by atoms with van der Waals surface area (Å²) in [6.07, 6.45) is 4.55. The molecule has 1 aliphatic heterocycles. The third kappa shape index (κ3) is 3.73. The van der Waals surface area contributed by atoms with E-state index in [9.17, 15) is 0 Å². The second-order valence-electron chi connectivity index (χ2n) is 6.38. The van der Waals surface area contributed by atoms with E-state index in [0.29, 0.717) is 0 Å². The summed E-state index contributed by atoms with van der Waals surface area (Å²) in [6.45, 7) is 3.77. The molecule has 26 heavy (non-hydrogen) atoms. The lowest BCUT2D eigenvalue weighted by atomic mass is 10.2. The van der Waals surface area contributed by atoms with Crippen molar-refractivity contribution < 1.29 is 4.74 Å². The fourth-order valence-electron chi connectivity index (χ4n) is 3.17. The van der Waals surface area contributed by atoms with Gasteiger partial charge in [-0.3, -0.25) is 4.57 Å². The first-order chi connectivity index (χ1) is 12.8. The fraction of sp³-hybridized carbons (Fsp3) is 0.368. The van der Waals surface area contributed by atoms with Gasteiger partial charge in [-0.15, -0.1) is 10.2 Å². The highest BCUT2D eigenvalue weighted by molar-refractivity contribution is 7.17. The average Bonchev–Trinajstić information content (AvgIpc) is 3.42. The van der Waals surface area contributed by atoms with Crippen molar-refractivity contribution in [2.75, 3.05) is 25.1 Å². The minimum atomic E-state index is 0.775. The molecule has 1 aliphatic rings. The number of anilines is 1. The number of nitrogens with zero attached hydrogens (tertiary/aromatic N) is 4. The smallest absolute Gasteiger partial charge is 0.218 e. The molecule has 0 bridgehead atoms. The van der Waals surface area contributed by atoms with Crippen molar-refractivity contribution in [3.8, 4) is 10.9 Å². The summed E-state index contributed by atoms with van der Waals surface area (Å²) in [5, 5.41) is 14.2. The van der Waals surface area contributed by atoms with Gasteiger partial charge in [0.05, 0.1) is 7.11 Å². The molecule has 0 radical (unpaired) electrons. The van der Waals surface area contributed by atoms with Crippen molar-refractivity contribution in [1.29, 1.82) is 0 Å². The maximum Gasteiger partial charge on any atom is 0.218 e. The topological polar surface area (TPSA) is 55.2 Å². The molecule has 0 unspecified atom stereocenters. The number of hydrogen-bond donors (Lipinski definition) is 1. The molecule has 7 heteroatoms. The molecule has 0 spiro atoms. The molecule has 4 rings (SSSR count). The van der Waals surface area contributed by atoms with E-state index in [0.717, 1.165) is 42.2 Å². The lowest BCUT2D eigenvalue weighted by Gasteiger charge is -2.11. The normalized spacial score (nSPS) is 14.1.